The van der Waals surface area contributed by atoms with Crippen LogP contribution in [-0.4, -0.2) is 12.7 Å². The second-order valence-corrected chi connectivity index (χ2v) is 5.99. The fourth-order valence-corrected chi connectivity index (χ4v) is 2.68. The first-order valence-electron chi connectivity index (χ1n) is 7.92. The molecular weight excluding hydrogens is 354 g/mol. The number of nitrogens with one attached hydrogen (secondary N) is 1. The molecule has 0 bridgehead atoms. The molecule has 0 saturated heterocycles. The van der Waals surface area contributed by atoms with Gasteiger partial charge in [0.25, 0.3) is 5.91 Å². The van der Waals surface area contributed by atoms with E-state index < -0.39 is 0 Å². The summed E-state index contributed by atoms with van der Waals surface area (Å²) in [5.74, 6) is 2.18. The molecule has 1 aliphatic heterocycles. The average Bonchev–Trinajstić information content (AvgIpc) is 3.13. The van der Waals surface area contributed by atoms with E-state index in [1.807, 2.05) is 12.1 Å². The Hall–Kier alpha value is -3.18. The summed E-state index contributed by atoms with van der Waals surface area (Å²) in [6.07, 6.45) is 0. The molecule has 3 aromatic rings. The van der Waals surface area contributed by atoms with Gasteiger partial charge in [0.05, 0.1) is 5.02 Å². The van der Waals surface area contributed by atoms with Crippen LogP contribution in [0.4, 0.5) is 5.69 Å². The largest absolute Gasteiger partial charge is 0.456 e. The van der Waals surface area contributed by atoms with E-state index in [9.17, 15) is 4.79 Å². The highest BCUT2D eigenvalue weighted by Crippen LogP contribution is 2.33. The van der Waals surface area contributed by atoms with Crippen molar-refractivity contribution in [2.75, 3.05) is 12.1 Å². The van der Waals surface area contributed by atoms with Crippen molar-refractivity contribution in [2.24, 2.45) is 0 Å². The van der Waals surface area contributed by atoms with Crippen molar-refractivity contribution in [3.63, 3.8) is 0 Å². The zero-order valence-corrected chi connectivity index (χ0v) is 14.3. The molecule has 0 radical (unpaired) electrons. The Morgan fingerprint density at radius 3 is 2.54 bits per heavy atom. The second-order valence-electron chi connectivity index (χ2n) is 5.58. The van der Waals surface area contributed by atoms with Crippen LogP contribution in [0.25, 0.3) is 0 Å². The average molecular weight is 368 g/mol. The highest BCUT2D eigenvalue weighted by Gasteiger charge is 2.16. The van der Waals surface area contributed by atoms with Gasteiger partial charge in [0.2, 0.25) is 6.79 Å². The fraction of sp³-hybridized carbons (Fsp3) is 0.0500. The number of hydrogen-bond acceptors (Lipinski definition) is 4. The van der Waals surface area contributed by atoms with Crippen LogP contribution in [0, 0.1) is 0 Å². The quantitative estimate of drug-likeness (QED) is 0.695. The third kappa shape index (κ3) is 3.43. The minimum absolute atomic E-state index is 0.174. The third-order valence-corrected chi connectivity index (χ3v) is 4.12. The van der Waals surface area contributed by atoms with E-state index in [2.05, 4.69) is 5.32 Å². The highest BCUT2D eigenvalue weighted by atomic mass is 35.5. The second kappa shape index (κ2) is 6.98. The lowest BCUT2D eigenvalue weighted by Crippen LogP contribution is -2.11. The summed E-state index contributed by atoms with van der Waals surface area (Å²) in [4.78, 5) is 12.4. The fourth-order valence-electron chi connectivity index (χ4n) is 2.50. The molecule has 5 nitrogen and oxygen atoms in total. The molecule has 0 fully saturated rings. The van der Waals surface area contributed by atoms with Crippen LogP contribution in [0.15, 0.2) is 66.7 Å². The number of carbonyl (C=O) groups excluding carboxylic acids is 1. The molecule has 130 valence electrons. The summed E-state index contributed by atoms with van der Waals surface area (Å²) in [5, 5.41) is 3.37. The Morgan fingerprint density at radius 2 is 1.73 bits per heavy atom. The number of benzene rings is 3. The molecule has 0 aliphatic carbocycles. The SMILES string of the molecule is O=C(Nc1ccc(Oc2ccccc2Cl)cc1)c1ccc2c(c1)OCO2. The molecule has 1 heterocycles. The maximum absolute atomic E-state index is 12.4. The van der Waals surface area contributed by atoms with E-state index in [1.54, 1.807) is 54.6 Å². The van der Waals surface area contributed by atoms with Crippen LogP contribution in [0.3, 0.4) is 0 Å². The molecule has 4 rings (SSSR count). The van der Waals surface area contributed by atoms with Crippen molar-refractivity contribution in [1.29, 1.82) is 0 Å². The van der Waals surface area contributed by atoms with Crippen LogP contribution in [0.1, 0.15) is 10.4 Å². The molecule has 1 aliphatic rings. The van der Waals surface area contributed by atoms with Crippen LogP contribution in [0.5, 0.6) is 23.0 Å². The predicted molar refractivity (Wildman–Crippen MR) is 98.5 cm³/mol. The maximum atomic E-state index is 12.4. The van der Waals surface area contributed by atoms with Crippen LogP contribution in [-0.2, 0) is 0 Å². The molecule has 1 N–H and O–H groups in total. The molecule has 0 saturated carbocycles. The lowest BCUT2D eigenvalue weighted by atomic mass is 10.2. The summed E-state index contributed by atoms with van der Waals surface area (Å²) in [6, 6.07) is 19.4. The number of hydrogen-bond donors (Lipinski definition) is 1. The zero-order valence-electron chi connectivity index (χ0n) is 13.6. The Morgan fingerprint density at radius 1 is 0.962 bits per heavy atom. The smallest absolute Gasteiger partial charge is 0.255 e. The molecule has 1 amide bonds. The van der Waals surface area contributed by atoms with Gasteiger partial charge in [-0.25, -0.2) is 0 Å². The minimum atomic E-state index is -0.233. The van der Waals surface area contributed by atoms with Crippen LogP contribution >= 0.6 is 11.6 Å². The van der Waals surface area contributed by atoms with Gasteiger partial charge in [0.15, 0.2) is 11.5 Å². The van der Waals surface area contributed by atoms with Gasteiger partial charge in [0, 0.05) is 11.3 Å². The highest BCUT2D eigenvalue weighted by molar-refractivity contribution is 6.32. The zero-order chi connectivity index (χ0) is 17.9. The molecular formula is C20H14ClNO4. The van der Waals surface area contributed by atoms with Crippen molar-refractivity contribution in [2.45, 2.75) is 0 Å². The van der Waals surface area contributed by atoms with E-state index in [1.165, 1.54) is 0 Å². The first-order chi connectivity index (χ1) is 12.7. The van der Waals surface area contributed by atoms with Gasteiger partial charge < -0.3 is 19.5 Å². The molecule has 6 heteroatoms. The third-order valence-electron chi connectivity index (χ3n) is 3.81. The van der Waals surface area contributed by atoms with Gasteiger partial charge in [-0.15, -0.1) is 0 Å². The molecule has 3 aromatic carbocycles. The van der Waals surface area contributed by atoms with Crippen LogP contribution in [0.2, 0.25) is 5.02 Å². The van der Waals surface area contributed by atoms with Gasteiger partial charge in [-0.1, -0.05) is 23.7 Å². The molecule has 0 atom stereocenters. The number of fused-ring (bicyclic) bond motifs is 1. The topological polar surface area (TPSA) is 56.8 Å². The van der Waals surface area contributed by atoms with Crippen molar-refractivity contribution >= 4 is 23.2 Å². The Labute approximate surface area is 155 Å². The molecule has 0 spiro atoms. The van der Waals surface area contributed by atoms with Crippen molar-refractivity contribution in [3.8, 4) is 23.0 Å². The number of rotatable bonds is 4. The summed E-state index contributed by atoms with van der Waals surface area (Å²) >= 11 is 6.08. The number of carbonyl (C=O) groups is 1. The number of anilines is 1. The number of amides is 1. The number of para-hydroxylation sites is 1. The van der Waals surface area contributed by atoms with Crippen LogP contribution < -0.4 is 19.5 Å². The minimum Gasteiger partial charge on any atom is -0.456 e. The predicted octanol–water partition coefficient (Wildman–Crippen LogP) is 5.11. The van der Waals surface area contributed by atoms with Gasteiger partial charge >= 0.3 is 0 Å². The number of ether oxygens (including phenoxy) is 3. The van der Waals surface area contributed by atoms with E-state index in [0.29, 0.717) is 39.3 Å². The standard InChI is InChI=1S/C20H14ClNO4/c21-16-3-1-2-4-17(16)26-15-8-6-14(7-9-15)22-20(23)13-5-10-18-19(11-13)25-12-24-18/h1-11H,12H2,(H,22,23). The maximum Gasteiger partial charge on any atom is 0.255 e. The Balaban J connectivity index is 1.44. The van der Waals surface area contributed by atoms with E-state index in [4.69, 9.17) is 25.8 Å². The summed E-state index contributed by atoms with van der Waals surface area (Å²) < 4.78 is 16.3. The van der Waals surface area contributed by atoms with E-state index >= 15 is 0 Å². The van der Waals surface area contributed by atoms with Gasteiger partial charge in [0.1, 0.15) is 11.5 Å². The number of halogens is 1. The van der Waals surface area contributed by atoms with Crippen molar-refractivity contribution in [3.05, 3.63) is 77.3 Å². The summed E-state index contributed by atoms with van der Waals surface area (Å²) in [5.41, 5.74) is 1.14. The van der Waals surface area contributed by atoms with E-state index in [-0.39, 0.29) is 12.7 Å². The lowest BCUT2D eigenvalue weighted by molar-refractivity contribution is 0.102. The Bertz CT molecular complexity index is 956. The van der Waals surface area contributed by atoms with Gasteiger partial charge in [-0.05, 0) is 54.6 Å². The van der Waals surface area contributed by atoms with Gasteiger partial charge in [-0.2, -0.15) is 0 Å². The first-order valence-corrected chi connectivity index (χ1v) is 8.30. The summed E-state index contributed by atoms with van der Waals surface area (Å²) in [6.45, 7) is 0.174. The monoisotopic (exact) mass is 367 g/mol. The summed E-state index contributed by atoms with van der Waals surface area (Å²) in [7, 11) is 0. The van der Waals surface area contributed by atoms with Crippen molar-refractivity contribution in [1.82, 2.24) is 0 Å². The molecule has 26 heavy (non-hydrogen) atoms. The molecule has 0 unspecified atom stereocenters. The first kappa shape index (κ1) is 16.3. The normalized spacial score (nSPS) is 11.9. The lowest BCUT2D eigenvalue weighted by Gasteiger charge is -2.09. The Kier molecular flexibility index (Phi) is 4.37. The van der Waals surface area contributed by atoms with Crippen molar-refractivity contribution < 1.29 is 19.0 Å². The van der Waals surface area contributed by atoms with Gasteiger partial charge in [-0.3, -0.25) is 4.79 Å². The molecule has 0 aromatic heterocycles. The van der Waals surface area contributed by atoms with E-state index in [0.717, 1.165) is 0 Å².